The molecule has 138 valence electrons. The van der Waals surface area contributed by atoms with Gasteiger partial charge in [0.05, 0.1) is 12.5 Å². The summed E-state index contributed by atoms with van der Waals surface area (Å²) in [7, 11) is 0. The van der Waals surface area contributed by atoms with Crippen LogP contribution in [0, 0.1) is 18.7 Å². The average molecular weight is 366 g/mol. The molecule has 0 bridgehead atoms. The molecule has 2 heterocycles. The molecule has 0 unspecified atom stereocenters. The molecule has 27 heavy (non-hydrogen) atoms. The molecule has 1 N–H and O–H groups in total. The molecular weight excluding hydrogens is 347 g/mol. The number of carbonyl (C=O) groups is 1. The minimum Gasteiger partial charge on any atom is -0.421 e. The maximum absolute atomic E-state index is 14.7. The highest BCUT2D eigenvalue weighted by Gasteiger charge is 2.30. The van der Waals surface area contributed by atoms with Gasteiger partial charge in [-0.3, -0.25) is 4.79 Å². The van der Waals surface area contributed by atoms with Gasteiger partial charge in [0.1, 0.15) is 5.82 Å². The number of halogens is 1. The number of rotatable bonds is 5. The number of hydrogen-bond acceptors (Lipinski definition) is 5. The third-order valence-electron chi connectivity index (χ3n) is 4.62. The van der Waals surface area contributed by atoms with Gasteiger partial charge in [-0.15, -0.1) is 10.2 Å². The Morgan fingerprint density at radius 2 is 2.00 bits per heavy atom. The number of aromatic nitrogens is 2. The summed E-state index contributed by atoms with van der Waals surface area (Å²) < 4.78 is 20.1. The third kappa shape index (κ3) is 3.59. The SMILES string of the molecule is Cc1nnc(-c2ccc(CN(C(=O)C3CNC3)c3ccccc3)c(F)c2)o1. The van der Waals surface area contributed by atoms with E-state index in [1.807, 2.05) is 30.3 Å². The number of anilines is 1. The molecule has 0 saturated carbocycles. The predicted molar refractivity (Wildman–Crippen MR) is 98.4 cm³/mol. The van der Waals surface area contributed by atoms with Crippen LogP contribution < -0.4 is 10.2 Å². The van der Waals surface area contributed by atoms with E-state index in [2.05, 4.69) is 15.5 Å². The van der Waals surface area contributed by atoms with Crippen molar-refractivity contribution in [3.63, 3.8) is 0 Å². The lowest BCUT2D eigenvalue weighted by Gasteiger charge is -2.32. The highest BCUT2D eigenvalue weighted by Crippen LogP contribution is 2.25. The molecule has 4 rings (SSSR count). The monoisotopic (exact) mass is 366 g/mol. The van der Waals surface area contributed by atoms with Crippen molar-refractivity contribution in [1.82, 2.24) is 15.5 Å². The molecule has 7 heteroatoms. The van der Waals surface area contributed by atoms with Gasteiger partial charge in [-0.05, 0) is 24.3 Å². The highest BCUT2D eigenvalue weighted by atomic mass is 19.1. The Hall–Kier alpha value is -3.06. The lowest BCUT2D eigenvalue weighted by atomic mass is 10.0. The molecule has 0 spiro atoms. The van der Waals surface area contributed by atoms with Crippen LogP contribution in [0.1, 0.15) is 11.5 Å². The van der Waals surface area contributed by atoms with Crippen LogP contribution in [0.15, 0.2) is 52.9 Å². The number of para-hydroxylation sites is 1. The van der Waals surface area contributed by atoms with Gasteiger partial charge in [-0.25, -0.2) is 4.39 Å². The van der Waals surface area contributed by atoms with Crippen LogP contribution >= 0.6 is 0 Å². The summed E-state index contributed by atoms with van der Waals surface area (Å²) in [6.45, 7) is 3.15. The zero-order valence-electron chi connectivity index (χ0n) is 14.9. The Morgan fingerprint density at radius 3 is 2.59 bits per heavy atom. The van der Waals surface area contributed by atoms with Gasteiger partial charge in [0.25, 0.3) is 0 Å². The van der Waals surface area contributed by atoms with E-state index in [1.54, 1.807) is 24.0 Å². The molecule has 1 fully saturated rings. The number of nitrogens with zero attached hydrogens (tertiary/aromatic N) is 3. The van der Waals surface area contributed by atoms with Crippen molar-refractivity contribution in [3.05, 3.63) is 65.8 Å². The summed E-state index contributed by atoms with van der Waals surface area (Å²) in [5, 5.41) is 10.8. The van der Waals surface area contributed by atoms with E-state index >= 15 is 0 Å². The Balaban J connectivity index is 1.61. The molecule has 0 radical (unpaired) electrons. The normalized spacial score (nSPS) is 14.0. The summed E-state index contributed by atoms with van der Waals surface area (Å²) >= 11 is 0. The first-order valence-electron chi connectivity index (χ1n) is 8.78. The first kappa shape index (κ1) is 17.4. The van der Waals surface area contributed by atoms with E-state index in [9.17, 15) is 9.18 Å². The average Bonchev–Trinajstić information content (AvgIpc) is 3.06. The topological polar surface area (TPSA) is 71.3 Å². The van der Waals surface area contributed by atoms with Crippen LogP contribution in [0.3, 0.4) is 0 Å². The van der Waals surface area contributed by atoms with Gasteiger partial charge in [-0.1, -0.05) is 24.3 Å². The number of amides is 1. The van der Waals surface area contributed by atoms with Crippen LogP contribution in [0.4, 0.5) is 10.1 Å². The Bertz CT molecular complexity index is 954. The summed E-state index contributed by atoms with van der Waals surface area (Å²) in [6, 6.07) is 14.1. The molecule has 1 aliphatic heterocycles. The number of hydrogen-bond donors (Lipinski definition) is 1. The molecule has 1 aromatic heterocycles. The number of nitrogens with one attached hydrogen (secondary N) is 1. The van der Waals surface area contributed by atoms with E-state index in [4.69, 9.17) is 4.42 Å². The molecule has 0 aliphatic carbocycles. The van der Waals surface area contributed by atoms with Crippen molar-refractivity contribution >= 4 is 11.6 Å². The lowest BCUT2D eigenvalue weighted by molar-refractivity contribution is -0.123. The van der Waals surface area contributed by atoms with Crippen LogP contribution in [-0.2, 0) is 11.3 Å². The second kappa shape index (κ2) is 7.28. The summed E-state index contributed by atoms with van der Waals surface area (Å²) in [6.07, 6.45) is 0. The van der Waals surface area contributed by atoms with Crippen molar-refractivity contribution in [1.29, 1.82) is 0 Å². The van der Waals surface area contributed by atoms with Crippen LogP contribution in [-0.4, -0.2) is 29.2 Å². The first-order valence-corrected chi connectivity index (χ1v) is 8.78. The Kier molecular flexibility index (Phi) is 4.68. The highest BCUT2D eigenvalue weighted by molar-refractivity contribution is 5.95. The van der Waals surface area contributed by atoms with Crippen molar-refractivity contribution in [2.75, 3.05) is 18.0 Å². The molecule has 1 saturated heterocycles. The van der Waals surface area contributed by atoms with Gasteiger partial charge in [0.15, 0.2) is 0 Å². The quantitative estimate of drug-likeness (QED) is 0.752. The zero-order chi connectivity index (χ0) is 18.8. The number of aryl methyl sites for hydroxylation is 1. The minimum absolute atomic E-state index is 0.00375. The standard InChI is InChI=1S/C20H19FN4O2/c1-13-23-24-19(27-13)14-7-8-15(18(21)9-14)12-25(17-5-3-2-4-6-17)20(26)16-10-22-11-16/h2-9,16,22H,10-12H2,1H3. The first-order chi connectivity index (χ1) is 13.1. The fraction of sp³-hybridized carbons (Fsp3) is 0.250. The minimum atomic E-state index is -0.413. The predicted octanol–water partition coefficient (Wildman–Crippen LogP) is 2.94. The molecule has 1 amide bonds. The molecule has 3 aromatic rings. The number of carbonyl (C=O) groups excluding carboxylic acids is 1. The van der Waals surface area contributed by atoms with Crippen molar-refractivity contribution in [2.24, 2.45) is 5.92 Å². The van der Waals surface area contributed by atoms with Gasteiger partial charge >= 0.3 is 0 Å². The van der Waals surface area contributed by atoms with E-state index in [0.717, 1.165) is 5.69 Å². The van der Waals surface area contributed by atoms with Crippen LogP contribution in [0.25, 0.3) is 11.5 Å². The maximum Gasteiger partial charge on any atom is 0.247 e. The van der Waals surface area contributed by atoms with Gasteiger partial charge in [-0.2, -0.15) is 0 Å². The largest absolute Gasteiger partial charge is 0.421 e. The molecular formula is C20H19FN4O2. The van der Waals surface area contributed by atoms with E-state index in [-0.39, 0.29) is 24.3 Å². The maximum atomic E-state index is 14.7. The summed E-state index contributed by atoms with van der Waals surface area (Å²) in [5.41, 5.74) is 1.70. The molecule has 2 aromatic carbocycles. The third-order valence-corrected chi connectivity index (χ3v) is 4.62. The molecule has 1 aliphatic rings. The molecule has 6 nitrogen and oxygen atoms in total. The van der Waals surface area contributed by atoms with Crippen molar-refractivity contribution < 1.29 is 13.6 Å². The van der Waals surface area contributed by atoms with Gasteiger partial charge in [0.2, 0.25) is 17.7 Å². The van der Waals surface area contributed by atoms with E-state index in [0.29, 0.717) is 30.1 Å². The lowest BCUT2D eigenvalue weighted by Crippen LogP contribution is -2.52. The second-order valence-corrected chi connectivity index (χ2v) is 6.55. The number of benzene rings is 2. The van der Waals surface area contributed by atoms with Crippen LogP contribution in [0.5, 0.6) is 0 Å². The summed E-state index contributed by atoms with van der Waals surface area (Å²) in [4.78, 5) is 14.5. The van der Waals surface area contributed by atoms with E-state index in [1.165, 1.54) is 6.07 Å². The van der Waals surface area contributed by atoms with Gasteiger partial charge < -0.3 is 14.6 Å². The molecule has 0 atom stereocenters. The van der Waals surface area contributed by atoms with E-state index < -0.39 is 5.82 Å². The van der Waals surface area contributed by atoms with Gasteiger partial charge in [0, 0.05) is 36.8 Å². The zero-order valence-corrected chi connectivity index (χ0v) is 14.9. The summed E-state index contributed by atoms with van der Waals surface area (Å²) in [5.74, 6) is 0.201. The van der Waals surface area contributed by atoms with Crippen molar-refractivity contribution in [3.8, 4) is 11.5 Å². The Morgan fingerprint density at radius 1 is 1.22 bits per heavy atom. The smallest absolute Gasteiger partial charge is 0.247 e. The van der Waals surface area contributed by atoms with Crippen LogP contribution in [0.2, 0.25) is 0 Å². The Labute approximate surface area is 156 Å². The fourth-order valence-electron chi connectivity index (χ4n) is 2.98. The van der Waals surface area contributed by atoms with Crippen molar-refractivity contribution in [2.45, 2.75) is 13.5 Å². The fourth-order valence-corrected chi connectivity index (χ4v) is 2.98. The second-order valence-electron chi connectivity index (χ2n) is 6.55.